The third kappa shape index (κ3) is 3.20. The van der Waals surface area contributed by atoms with Gasteiger partial charge in [-0.3, -0.25) is 0 Å². The fourth-order valence-corrected chi connectivity index (χ4v) is 2.59. The second-order valence-electron chi connectivity index (χ2n) is 3.94. The Kier molecular flexibility index (Phi) is 4.56. The Morgan fingerprint density at radius 2 is 1.83 bits per heavy atom. The standard InChI is InChI=1S/C14H10ClF2I/c15-12(9-3-1-5-11(18)7-9)8-10-4-2-6-13(16)14(10)17/h1-7,12H,8H2. The van der Waals surface area contributed by atoms with Gasteiger partial charge >= 0.3 is 0 Å². The first-order valence-corrected chi connectivity index (χ1v) is 6.92. The Hall–Kier alpha value is -0.680. The van der Waals surface area contributed by atoms with Gasteiger partial charge in [-0.2, -0.15) is 0 Å². The summed E-state index contributed by atoms with van der Waals surface area (Å²) in [5, 5.41) is -0.365. The highest BCUT2D eigenvalue weighted by Gasteiger charge is 2.14. The number of hydrogen-bond donors (Lipinski definition) is 0. The van der Waals surface area contributed by atoms with E-state index in [4.69, 9.17) is 11.6 Å². The van der Waals surface area contributed by atoms with Gasteiger partial charge in [0.05, 0.1) is 5.38 Å². The highest BCUT2D eigenvalue weighted by molar-refractivity contribution is 14.1. The fraction of sp³-hybridized carbons (Fsp3) is 0.143. The van der Waals surface area contributed by atoms with Gasteiger partial charge in [0.1, 0.15) is 0 Å². The van der Waals surface area contributed by atoms with Crippen LogP contribution in [0.1, 0.15) is 16.5 Å². The lowest BCUT2D eigenvalue weighted by Gasteiger charge is -2.11. The Labute approximate surface area is 123 Å². The van der Waals surface area contributed by atoms with Crippen LogP contribution < -0.4 is 0 Å². The van der Waals surface area contributed by atoms with E-state index in [0.29, 0.717) is 5.56 Å². The van der Waals surface area contributed by atoms with Crippen LogP contribution in [-0.2, 0) is 6.42 Å². The molecule has 0 nitrogen and oxygen atoms in total. The minimum absolute atomic E-state index is 0.269. The molecular formula is C14H10ClF2I. The molecule has 0 bridgehead atoms. The van der Waals surface area contributed by atoms with Crippen LogP contribution in [0.15, 0.2) is 42.5 Å². The summed E-state index contributed by atoms with van der Waals surface area (Å²) in [6, 6.07) is 11.8. The zero-order valence-electron chi connectivity index (χ0n) is 9.34. The summed E-state index contributed by atoms with van der Waals surface area (Å²) in [7, 11) is 0. The molecule has 0 spiro atoms. The van der Waals surface area contributed by atoms with Crippen LogP contribution in [0.25, 0.3) is 0 Å². The maximum absolute atomic E-state index is 13.5. The molecule has 0 N–H and O–H groups in total. The smallest absolute Gasteiger partial charge is 0.162 e. The molecule has 0 saturated heterocycles. The molecule has 0 aliphatic rings. The number of benzene rings is 2. The average molecular weight is 379 g/mol. The van der Waals surface area contributed by atoms with Crippen molar-refractivity contribution in [3.05, 3.63) is 68.8 Å². The third-order valence-corrected chi connectivity index (χ3v) is 3.72. The zero-order chi connectivity index (χ0) is 13.1. The van der Waals surface area contributed by atoms with Crippen LogP contribution >= 0.6 is 34.2 Å². The minimum Gasteiger partial charge on any atom is -0.204 e. The van der Waals surface area contributed by atoms with Gasteiger partial charge < -0.3 is 0 Å². The number of alkyl halides is 1. The normalized spacial score (nSPS) is 12.4. The Bertz CT molecular complexity index is 557. The highest BCUT2D eigenvalue weighted by Crippen LogP contribution is 2.27. The quantitative estimate of drug-likeness (QED) is 0.515. The highest BCUT2D eigenvalue weighted by atomic mass is 127. The van der Waals surface area contributed by atoms with Crippen LogP contribution in [0.5, 0.6) is 0 Å². The van der Waals surface area contributed by atoms with Crippen LogP contribution in [-0.4, -0.2) is 0 Å². The van der Waals surface area contributed by atoms with Gasteiger partial charge in [-0.15, -0.1) is 11.6 Å². The summed E-state index contributed by atoms with van der Waals surface area (Å²) in [5.41, 5.74) is 1.21. The van der Waals surface area contributed by atoms with Crippen molar-refractivity contribution in [2.75, 3.05) is 0 Å². The lowest BCUT2D eigenvalue weighted by atomic mass is 10.0. The van der Waals surface area contributed by atoms with Crippen molar-refractivity contribution >= 4 is 34.2 Å². The van der Waals surface area contributed by atoms with Gasteiger partial charge in [-0.05, 0) is 58.3 Å². The summed E-state index contributed by atoms with van der Waals surface area (Å²) in [6.45, 7) is 0. The van der Waals surface area contributed by atoms with E-state index in [-0.39, 0.29) is 11.8 Å². The molecule has 2 rings (SSSR count). The zero-order valence-corrected chi connectivity index (χ0v) is 12.3. The van der Waals surface area contributed by atoms with Crippen molar-refractivity contribution in [3.63, 3.8) is 0 Å². The largest absolute Gasteiger partial charge is 0.204 e. The fourth-order valence-electron chi connectivity index (χ4n) is 1.72. The second-order valence-corrected chi connectivity index (χ2v) is 5.71. The van der Waals surface area contributed by atoms with E-state index in [1.165, 1.54) is 6.07 Å². The molecule has 0 aromatic heterocycles. The first-order chi connectivity index (χ1) is 8.58. The minimum atomic E-state index is -0.834. The van der Waals surface area contributed by atoms with Crippen LogP contribution in [0.4, 0.5) is 8.78 Å². The average Bonchev–Trinajstić information content (AvgIpc) is 2.35. The van der Waals surface area contributed by atoms with E-state index in [1.807, 2.05) is 24.3 Å². The van der Waals surface area contributed by atoms with Gasteiger partial charge in [-0.1, -0.05) is 24.3 Å². The SMILES string of the molecule is Fc1cccc(CC(Cl)c2cccc(I)c2)c1F. The van der Waals surface area contributed by atoms with Gasteiger partial charge in [0.25, 0.3) is 0 Å². The van der Waals surface area contributed by atoms with Crippen LogP contribution in [0.2, 0.25) is 0 Å². The second kappa shape index (κ2) is 5.97. The lowest BCUT2D eigenvalue weighted by Crippen LogP contribution is -2.00. The van der Waals surface area contributed by atoms with Gasteiger partial charge in [-0.25, -0.2) is 8.78 Å². The Balaban J connectivity index is 2.21. The Morgan fingerprint density at radius 3 is 2.56 bits per heavy atom. The van der Waals surface area contributed by atoms with Crippen molar-refractivity contribution in [1.82, 2.24) is 0 Å². The topological polar surface area (TPSA) is 0 Å². The predicted octanol–water partition coefficient (Wildman–Crippen LogP) is 5.09. The summed E-state index contributed by atoms with van der Waals surface area (Å²) in [5.74, 6) is -1.65. The molecule has 0 aliphatic carbocycles. The van der Waals surface area contributed by atoms with Crippen molar-refractivity contribution in [2.24, 2.45) is 0 Å². The van der Waals surface area contributed by atoms with Crippen molar-refractivity contribution < 1.29 is 8.78 Å². The molecule has 0 fully saturated rings. The van der Waals surface area contributed by atoms with E-state index in [2.05, 4.69) is 22.6 Å². The van der Waals surface area contributed by atoms with Crippen LogP contribution in [0, 0.1) is 15.2 Å². The molecule has 1 unspecified atom stereocenters. The van der Waals surface area contributed by atoms with E-state index < -0.39 is 11.6 Å². The van der Waals surface area contributed by atoms with E-state index in [0.717, 1.165) is 15.2 Å². The van der Waals surface area contributed by atoms with Gasteiger partial charge in [0.15, 0.2) is 11.6 Å². The van der Waals surface area contributed by atoms with E-state index in [1.54, 1.807) is 6.07 Å². The van der Waals surface area contributed by atoms with Crippen LogP contribution in [0.3, 0.4) is 0 Å². The van der Waals surface area contributed by atoms with Gasteiger partial charge in [0.2, 0.25) is 0 Å². The maximum atomic E-state index is 13.5. The summed E-state index contributed by atoms with van der Waals surface area (Å²) >= 11 is 8.43. The molecule has 0 saturated carbocycles. The number of halogens is 4. The third-order valence-electron chi connectivity index (χ3n) is 2.64. The van der Waals surface area contributed by atoms with Crippen molar-refractivity contribution in [3.8, 4) is 0 Å². The first-order valence-electron chi connectivity index (χ1n) is 5.40. The molecule has 0 aliphatic heterocycles. The molecule has 0 amide bonds. The monoisotopic (exact) mass is 378 g/mol. The number of hydrogen-bond acceptors (Lipinski definition) is 0. The maximum Gasteiger partial charge on any atom is 0.162 e. The van der Waals surface area contributed by atoms with E-state index >= 15 is 0 Å². The first kappa shape index (κ1) is 13.7. The van der Waals surface area contributed by atoms with Crippen molar-refractivity contribution in [2.45, 2.75) is 11.8 Å². The molecular weight excluding hydrogens is 369 g/mol. The summed E-state index contributed by atoms with van der Waals surface area (Å²) < 4.78 is 27.7. The molecule has 0 radical (unpaired) electrons. The van der Waals surface area contributed by atoms with Crippen molar-refractivity contribution in [1.29, 1.82) is 0 Å². The molecule has 18 heavy (non-hydrogen) atoms. The lowest BCUT2D eigenvalue weighted by molar-refractivity contribution is 0.498. The molecule has 2 aromatic carbocycles. The molecule has 4 heteroatoms. The van der Waals surface area contributed by atoms with Gasteiger partial charge in [0, 0.05) is 3.57 Å². The molecule has 0 heterocycles. The number of rotatable bonds is 3. The Morgan fingerprint density at radius 1 is 1.11 bits per heavy atom. The molecule has 94 valence electrons. The van der Waals surface area contributed by atoms with E-state index in [9.17, 15) is 8.78 Å². The molecule has 1 atom stereocenters. The summed E-state index contributed by atoms with van der Waals surface area (Å²) in [6.07, 6.45) is 0.269. The predicted molar refractivity (Wildman–Crippen MR) is 77.8 cm³/mol. The molecule has 2 aromatic rings. The summed E-state index contributed by atoms with van der Waals surface area (Å²) in [4.78, 5) is 0.